The predicted molar refractivity (Wildman–Crippen MR) is 75.5 cm³/mol. The number of hydrogen-bond donors (Lipinski definition) is 1. The summed E-state index contributed by atoms with van der Waals surface area (Å²) in [7, 11) is 0. The molecule has 2 aromatic heterocycles. The van der Waals surface area contributed by atoms with Gasteiger partial charge < -0.3 is 4.98 Å². The molecule has 0 spiro atoms. The number of pyridine rings is 2. The van der Waals surface area contributed by atoms with Gasteiger partial charge in [0.05, 0.1) is 0 Å². The van der Waals surface area contributed by atoms with Crippen LogP contribution in [-0.2, 0) is 6.54 Å². The summed E-state index contributed by atoms with van der Waals surface area (Å²) in [6.45, 7) is 0.301. The molecule has 20 heavy (non-hydrogen) atoms. The normalized spacial score (nSPS) is 10.6. The minimum atomic E-state index is -0.142. The van der Waals surface area contributed by atoms with E-state index in [9.17, 15) is 9.59 Å². The first kappa shape index (κ1) is 12.3. The van der Waals surface area contributed by atoms with Crippen LogP contribution in [0, 0.1) is 0 Å². The summed E-state index contributed by atoms with van der Waals surface area (Å²) in [4.78, 5) is 26.2. The second kappa shape index (κ2) is 5.09. The molecular weight excluding hydrogens is 252 g/mol. The summed E-state index contributed by atoms with van der Waals surface area (Å²) in [5, 5.41) is 0.855. The van der Waals surface area contributed by atoms with Crippen LogP contribution >= 0.6 is 0 Å². The van der Waals surface area contributed by atoms with Crippen molar-refractivity contribution in [1.29, 1.82) is 0 Å². The van der Waals surface area contributed by atoms with Crippen molar-refractivity contribution in [3.8, 4) is 0 Å². The molecule has 2 heterocycles. The molecule has 0 atom stereocenters. The van der Waals surface area contributed by atoms with E-state index < -0.39 is 0 Å². The minimum absolute atomic E-state index is 0.0364. The van der Waals surface area contributed by atoms with Gasteiger partial charge in [0.15, 0.2) is 12.4 Å². The van der Waals surface area contributed by atoms with Gasteiger partial charge in [-0.25, -0.2) is 0 Å². The van der Waals surface area contributed by atoms with Crippen molar-refractivity contribution >= 4 is 16.7 Å². The van der Waals surface area contributed by atoms with E-state index in [1.54, 1.807) is 24.3 Å². The van der Waals surface area contributed by atoms with Gasteiger partial charge >= 0.3 is 0 Å². The van der Waals surface area contributed by atoms with Gasteiger partial charge in [-0.2, -0.15) is 4.57 Å². The number of H-pyrrole nitrogens is 1. The predicted octanol–water partition coefficient (Wildman–Crippen LogP) is 1.70. The second-order valence-electron chi connectivity index (χ2n) is 4.60. The molecule has 0 saturated carbocycles. The van der Waals surface area contributed by atoms with Crippen LogP contribution in [0.1, 0.15) is 10.4 Å². The topological polar surface area (TPSA) is 53.8 Å². The fraction of sp³-hybridized carbons (Fsp3) is 0.0625. The lowest BCUT2D eigenvalue weighted by atomic mass is 10.1. The maximum Gasteiger partial charge on any atom is 0.248 e. The Kier molecular flexibility index (Phi) is 3.13. The molecule has 0 radical (unpaired) electrons. The number of aromatic nitrogens is 2. The fourth-order valence-electron chi connectivity index (χ4n) is 2.12. The van der Waals surface area contributed by atoms with Crippen molar-refractivity contribution in [2.24, 2.45) is 0 Å². The van der Waals surface area contributed by atoms with E-state index in [-0.39, 0.29) is 11.3 Å². The number of Topliss-reactive ketones (excluding diaryl/α,β-unsaturated/α-hetero) is 1. The summed E-state index contributed by atoms with van der Waals surface area (Å²) >= 11 is 0. The van der Waals surface area contributed by atoms with Gasteiger partial charge in [-0.15, -0.1) is 0 Å². The van der Waals surface area contributed by atoms with Crippen molar-refractivity contribution in [2.75, 3.05) is 0 Å². The molecule has 0 bridgehead atoms. The van der Waals surface area contributed by atoms with Crippen LogP contribution in [0.2, 0.25) is 0 Å². The summed E-state index contributed by atoms with van der Waals surface area (Å²) in [6, 6.07) is 14.2. The Morgan fingerprint density at radius 1 is 1.05 bits per heavy atom. The zero-order valence-electron chi connectivity index (χ0n) is 10.7. The summed E-state index contributed by atoms with van der Waals surface area (Å²) < 4.78 is 1.83. The standard InChI is InChI=1S/C16H12N2O2/c19-15(11-18-8-2-1-3-9-18)13-4-6-14-12(10-13)5-7-16(20)17-14/h1-10H,11H2/p+1. The molecule has 0 aliphatic carbocycles. The van der Waals surface area contributed by atoms with Gasteiger partial charge in [-0.3, -0.25) is 9.59 Å². The average molecular weight is 265 g/mol. The van der Waals surface area contributed by atoms with Crippen LogP contribution in [-0.4, -0.2) is 10.8 Å². The largest absolute Gasteiger partial charge is 0.322 e. The van der Waals surface area contributed by atoms with E-state index in [0.29, 0.717) is 12.1 Å². The molecule has 98 valence electrons. The monoisotopic (exact) mass is 265 g/mol. The van der Waals surface area contributed by atoms with E-state index in [2.05, 4.69) is 4.98 Å². The molecule has 1 N–H and O–H groups in total. The van der Waals surface area contributed by atoms with Crippen molar-refractivity contribution in [3.05, 3.63) is 76.8 Å². The highest BCUT2D eigenvalue weighted by Gasteiger charge is 2.12. The Morgan fingerprint density at radius 2 is 1.85 bits per heavy atom. The lowest BCUT2D eigenvalue weighted by molar-refractivity contribution is -0.683. The number of hydrogen-bond acceptors (Lipinski definition) is 2. The van der Waals surface area contributed by atoms with Gasteiger partial charge in [0.25, 0.3) is 0 Å². The third-order valence-electron chi connectivity index (χ3n) is 3.15. The first-order chi connectivity index (χ1) is 9.72. The number of ketones is 1. The highest BCUT2D eigenvalue weighted by molar-refractivity contribution is 5.98. The zero-order valence-corrected chi connectivity index (χ0v) is 10.7. The maximum atomic E-state index is 12.2. The van der Waals surface area contributed by atoms with Crippen molar-refractivity contribution in [3.63, 3.8) is 0 Å². The average Bonchev–Trinajstić information content (AvgIpc) is 2.47. The van der Waals surface area contributed by atoms with Crippen molar-refractivity contribution < 1.29 is 9.36 Å². The van der Waals surface area contributed by atoms with Crippen molar-refractivity contribution in [1.82, 2.24) is 4.98 Å². The van der Waals surface area contributed by atoms with Crippen LogP contribution in [0.25, 0.3) is 10.9 Å². The molecule has 0 amide bonds. The summed E-state index contributed by atoms with van der Waals surface area (Å²) in [6.07, 6.45) is 3.72. The van der Waals surface area contributed by atoms with Crippen LogP contribution in [0.3, 0.4) is 0 Å². The smallest absolute Gasteiger partial charge is 0.248 e. The van der Waals surface area contributed by atoms with Gasteiger partial charge in [-0.1, -0.05) is 6.07 Å². The van der Waals surface area contributed by atoms with E-state index >= 15 is 0 Å². The minimum Gasteiger partial charge on any atom is -0.322 e. The van der Waals surface area contributed by atoms with Gasteiger partial charge in [0, 0.05) is 29.3 Å². The third-order valence-corrected chi connectivity index (χ3v) is 3.15. The highest BCUT2D eigenvalue weighted by Crippen LogP contribution is 2.12. The summed E-state index contributed by atoms with van der Waals surface area (Å²) in [5.41, 5.74) is 1.23. The molecule has 0 saturated heterocycles. The third kappa shape index (κ3) is 2.49. The lowest BCUT2D eigenvalue weighted by Crippen LogP contribution is -2.36. The van der Waals surface area contributed by atoms with E-state index in [1.165, 1.54) is 6.07 Å². The van der Waals surface area contributed by atoms with Crippen LogP contribution < -0.4 is 10.1 Å². The number of carbonyl (C=O) groups excluding carboxylic acids is 1. The number of nitrogens with zero attached hydrogens (tertiary/aromatic N) is 1. The number of rotatable bonds is 3. The Labute approximate surface area is 115 Å². The molecule has 0 aliphatic heterocycles. The van der Waals surface area contributed by atoms with Crippen LogP contribution in [0.15, 0.2) is 65.7 Å². The van der Waals surface area contributed by atoms with Crippen LogP contribution in [0.4, 0.5) is 0 Å². The molecule has 1 aromatic carbocycles. The molecule has 4 heteroatoms. The molecule has 3 aromatic rings. The van der Waals surface area contributed by atoms with E-state index in [1.807, 2.05) is 35.2 Å². The van der Waals surface area contributed by atoms with E-state index in [0.717, 1.165) is 10.9 Å². The lowest BCUT2D eigenvalue weighted by Gasteiger charge is -2.01. The quantitative estimate of drug-likeness (QED) is 0.579. The Balaban J connectivity index is 1.92. The molecule has 0 fully saturated rings. The molecule has 3 rings (SSSR count). The number of fused-ring (bicyclic) bond motifs is 1. The van der Waals surface area contributed by atoms with Crippen LogP contribution in [0.5, 0.6) is 0 Å². The molecule has 0 unspecified atom stereocenters. The zero-order chi connectivity index (χ0) is 13.9. The highest BCUT2D eigenvalue weighted by atomic mass is 16.1. The number of benzene rings is 1. The Morgan fingerprint density at radius 3 is 2.65 bits per heavy atom. The van der Waals surface area contributed by atoms with Gasteiger partial charge in [-0.05, 0) is 29.7 Å². The molecule has 0 aliphatic rings. The summed E-state index contributed by atoms with van der Waals surface area (Å²) in [5.74, 6) is 0.0364. The number of carbonyl (C=O) groups is 1. The Hall–Kier alpha value is -2.75. The first-order valence-corrected chi connectivity index (χ1v) is 6.33. The number of nitrogens with one attached hydrogen (secondary N) is 1. The molecule has 4 nitrogen and oxygen atoms in total. The SMILES string of the molecule is O=C(C[n+]1ccccc1)c1ccc2[nH]c(=O)ccc2c1. The van der Waals surface area contributed by atoms with E-state index in [4.69, 9.17) is 0 Å². The first-order valence-electron chi connectivity index (χ1n) is 6.33. The van der Waals surface area contributed by atoms with Gasteiger partial charge in [0.2, 0.25) is 17.9 Å². The van der Waals surface area contributed by atoms with Gasteiger partial charge in [0.1, 0.15) is 0 Å². The fourth-order valence-corrected chi connectivity index (χ4v) is 2.12. The Bertz CT molecular complexity index is 823. The molecular formula is C16H13N2O2+. The maximum absolute atomic E-state index is 12.2. The number of aromatic amines is 1. The van der Waals surface area contributed by atoms with Crippen molar-refractivity contribution in [2.45, 2.75) is 6.54 Å². The second-order valence-corrected chi connectivity index (χ2v) is 4.60.